The number of carbonyl (C=O) groups is 6. The van der Waals surface area contributed by atoms with Gasteiger partial charge in [-0.15, -0.1) is 0 Å². The van der Waals surface area contributed by atoms with Crippen molar-refractivity contribution in [2.45, 2.75) is 124 Å². The van der Waals surface area contributed by atoms with Gasteiger partial charge >= 0.3 is 18.3 Å². The van der Waals surface area contributed by atoms with Crippen LogP contribution in [-0.2, 0) is 19.0 Å². The fraction of sp³-hybridized carbons (Fsp3) is 0.684. The number of nitrogens with zero attached hydrogens (tertiary/aromatic N) is 3. The first-order valence-corrected chi connectivity index (χ1v) is 18.3. The maximum absolute atomic E-state index is 13.0. The second kappa shape index (κ2) is 20.0. The molecule has 1 aliphatic heterocycles. The first kappa shape index (κ1) is 43.8. The van der Waals surface area contributed by atoms with Gasteiger partial charge in [-0.25, -0.2) is 14.4 Å². The number of nitrogens with one attached hydrogen (secondary N) is 2. The van der Waals surface area contributed by atoms with Gasteiger partial charge in [0.1, 0.15) is 16.8 Å². The van der Waals surface area contributed by atoms with E-state index in [2.05, 4.69) is 10.6 Å². The van der Waals surface area contributed by atoms with Gasteiger partial charge in [-0.3, -0.25) is 19.3 Å². The van der Waals surface area contributed by atoms with E-state index in [0.29, 0.717) is 82.5 Å². The smallest absolute Gasteiger partial charge is 0.410 e. The highest BCUT2D eigenvalue weighted by Crippen LogP contribution is 2.23. The molecule has 0 fully saturated rings. The highest BCUT2D eigenvalue weighted by molar-refractivity contribution is 6.21. The van der Waals surface area contributed by atoms with Crippen molar-refractivity contribution in [3.05, 3.63) is 35.4 Å². The van der Waals surface area contributed by atoms with Crippen molar-refractivity contribution >= 4 is 36.0 Å². The zero-order valence-corrected chi connectivity index (χ0v) is 32.7. The summed E-state index contributed by atoms with van der Waals surface area (Å²) in [4.78, 5) is 80.1. The average molecular weight is 732 g/mol. The van der Waals surface area contributed by atoms with Crippen molar-refractivity contribution in [3.63, 3.8) is 0 Å². The van der Waals surface area contributed by atoms with Crippen molar-refractivity contribution in [2.75, 3.05) is 45.8 Å². The van der Waals surface area contributed by atoms with E-state index in [4.69, 9.17) is 14.2 Å². The zero-order valence-electron chi connectivity index (χ0n) is 32.7. The number of ether oxygens (including phenoxy) is 3. The number of unbranched alkanes of at least 4 members (excludes halogenated alkanes) is 3. The zero-order chi connectivity index (χ0) is 39.1. The molecule has 0 spiro atoms. The lowest BCUT2D eigenvalue weighted by atomic mass is 10.1. The van der Waals surface area contributed by atoms with Gasteiger partial charge in [0.2, 0.25) is 5.91 Å². The first-order valence-electron chi connectivity index (χ1n) is 18.3. The van der Waals surface area contributed by atoms with Crippen molar-refractivity contribution < 1.29 is 43.0 Å². The third-order valence-corrected chi connectivity index (χ3v) is 7.55. The molecule has 2 N–H and O–H groups in total. The maximum Gasteiger partial charge on any atom is 0.410 e. The standard InChI is InChI=1S/C38H61N5O9/c1-36(2,3)50-33(47)40-22-17-25-41(34(48)51-37(4,5)6)23-15-16-24-42(35(49)52-38(7,8)9)27-20-30(44)39-21-13-10-14-26-43-31(45)28-18-11-12-19-29(28)32(43)46/h11-12,18-19H,10,13-17,20-27H2,1-9H3,(H,39,44)(H,40,47). The fourth-order valence-corrected chi connectivity index (χ4v) is 5.19. The number of imide groups is 1. The molecular formula is C38H61N5O9. The minimum absolute atomic E-state index is 0.0863. The summed E-state index contributed by atoms with van der Waals surface area (Å²) in [5.74, 6) is -0.744. The first-order chi connectivity index (χ1) is 24.2. The fourth-order valence-electron chi connectivity index (χ4n) is 5.19. The highest BCUT2D eigenvalue weighted by Gasteiger charge is 2.34. The number of carbonyl (C=O) groups excluding carboxylic acids is 6. The largest absolute Gasteiger partial charge is 0.444 e. The summed E-state index contributed by atoms with van der Waals surface area (Å²) in [6.07, 6.45) is 2.20. The molecule has 2 rings (SSSR count). The van der Waals surface area contributed by atoms with Gasteiger partial charge < -0.3 is 34.6 Å². The van der Waals surface area contributed by atoms with Crippen LogP contribution in [0.4, 0.5) is 14.4 Å². The number of alkyl carbamates (subject to hydrolysis) is 1. The molecule has 0 atom stereocenters. The molecule has 0 saturated carbocycles. The van der Waals surface area contributed by atoms with Crippen LogP contribution in [0.5, 0.6) is 0 Å². The molecule has 0 saturated heterocycles. The van der Waals surface area contributed by atoms with E-state index >= 15 is 0 Å². The molecular weight excluding hydrogens is 670 g/mol. The lowest BCUT2D eigenvalue weighted by Gasteiger charge is -2.29. The third-order valence-electron chi connectivity index (χ3n) is 7.55. The Labute approximate surface area is 309 Å². The Bertz CT molecular complexity index is 1340. The molecule has 0 aromatic heterocycles. The van der Waals surface area contributed by atoms with E-state index in [1.54, 1.807) is 91.5 Å². The van der Waals surface area contributed by atoms with E-state index in [1.165, 1.54) is 9.80 Å². The van der Waals surface area contributed by atoms with Crippen LogP contribution < -0.4 is 10.6 Å². The Morgan fingerprint density at radius 2 is 1.06 bits per heavy atom. The van der Waals surface area contributed by atoms with Gasteiger partial charge in [-0.1, -0.05) is 12.1 Å². The van der Waals surface area contributed by atoms with Crippen LogP contribution in [0.3, 0.4) is 0 Å². The maximum atomic E-state index is 13.0. The predicted molar refractivity (Wildman–Crippen MR) is 197 cm³/mol. The molecule has 0 unspecified atom stereocenters. The Morgan fingerprint density at radius 3 is 1.56 bits per heavy atom. The molecule has 0 radical (unpaired) electrons. The summed E-state index contributed by atoms with van der Waals surface area (Å²) >= 11 is 0. The van der Waals surface area contributed by atoms with Crippen LogP contribution in [0, 0.1) is 0 Å². The van der Waals surface area contributed by atoms with Crippen LogP contribution in [0.1, 0.15) is 128 Å². The summed E-state index contributed by atoms with van der Waals surface area (Å²) in [5.41, 5.74) is -1.14. The second-order valence-corrected chi connectivity index (χ2v) is 15.9. The number of amides is 6. The van der Waals surface area contributed by atoms with Crippen molar-refractivity contribution in [3.8, 4) is 0 Å². The quantitative estimate of drug-likeness (QED) is 0.103. The van der Waals surface area contributed by atoms with Gasteiger partial charge in [-0.2, -0.15) is 0 Å². The number of fused-ring (bicyclic) bond motifs is 1. The molecule has 0 aliphatic carbocycles. The molecule has 292 valence electrons. The molecule has 52 heavy (non-hydrogen) atoms. The molecule has 1 heterocycles. The van der Waals surface area contributed by atoms with E-state index in [-0.39, 0.29) is 30.7 Å². The lowest BCUT2D eigenvalue weighted by molar-refractivity contribution is -0.121. The monoisotopic (exact) mass is 731 g/mol. The topological polar surface area (TPSA) is 164 Å². The normalized spacial score (nSPS) is 13.0. The molecule has 0 bridgehead atoms. The molecule has 14 heteroatoms. The minimum atomic E-state index is -0.717. The van der Waals surface area contributed by atoms with E-state index in [9.17, 15) is 28.8 Å². The Hall–Kier alpha value is -4.36. The summed E-state index contributed by atoms with van der Waals surface area (Å²) in [6.45, 7) is 18.4. The Morgan fingerprint density at radius 1 is 0.596 bits per heavy atom. The van der Waals surface area contributed by atoms with Crippen LogP contribution in [0.2, 0.25) is 0 Å². The molecule has 1 aliphatic rings. The predicted octanol–water partition coefficient (Wildman–Crippen LogP) is 6.13. The Kier molecular flexibility index (Phi) is 16.9. The van der Waals surface area contributed by atoms with E-state index in [1.807, 2.05) is 0 Å². The third kappa shape index (κ3) is 16.8. The van der Waals surface area contributed by atoms with Crippen molar-refractivity contribution in [1.29, 1.82) is 0 Å². The van der Waals surface area contributed by atoms with E-state index in [0.717, 1.165) is 6.42 Å². The second-order valence-electron chi connectivity index (χ2n) is 15.9. The van der Waals surface area contributed by atoms with Crippen LogP contribution in [0.25, 0.3) is 0 Å². The van der Waals surface area contributed by atoms with E-state index < -0.39 is 35.1 Å². The summed E-state index contributed by atoms with van der Waals surface area (Å²) < 4.78 is 16.5. The van der Waals surface area contributed by atoms with Gasteiger partial charge in [-0.05, 0) is 113 Å². The minimum Gasteiger partial charge on any atom is -0.444 e. The van der Waals surface area contributed by atoms with Gasteiger partial charge in [0.15, 0.2) is 0 Å². The SMILES string of the molecule is CC(C)(C)OC(=O)NCCCN(CCCCN(CCC(=O)NCCCCCN1C(=O)c2ccccc2C1=O)C(=O)OC(C)(C)C)C(=O)OC(C)(C)C. The molecule has 14 nitrogen and oxygen atoms in total. The number of benzene rings is 1. The summed E-state index contributed by atoms with van der Waals surface area (Å²) in [6, 6.07) is 6.80. The Balaban J connectivity index is 1.80. The van der Waals surface area contributed by atoms with Crippen molar-refractivity contribution in [1.82, 2.24) is 25.3 Å². The number of hydrogen-bond acceptors (Lipinski definition) is 9. The molecule has 1 aromatic carbocycles. The van der Waals surface area contributed by atoms with Crippen LogP contribution >= 0.6 is 0 Å². The summed E-state index contributed by atoms with van der Waals surface area (Å²) in [5, 5.41) is 5.58. The van der Waals surface area contributed by atoms with Crippen LogP contribution in [0.15, 0.2) is 24.3 Å². The molecule has 1 aromatic rings. The lowest BCUT2D eigenvalue weighted by Crippen LogP contribution is -2.41. The number of rotatable bonds is 18. The van der Waals surface area contributed by atoms with Gasteiger partial charge in [0.25, 0.3) is 11.8 Å². The van der Waals surface area contributed by atoms with Crippen LogP contribution in [-0.4, -0.2) is 113 Å². The van der Waals surface area contributed by atoms with Gasteiger partial charge in [0.05, 0.1) is 11.1 Å². The summed E-state index contributed by atoms with van der Waals surface area (Å²) in [7, 11) is 0. The number of hydrogen-bond donors (Lipinski definition) is 2. The van der Waals surface area contributed by atoms with Crippen molar-refractivity contribution in [2.24, 2.45) is 0 Å². The van der Waals surface area contributed by atoms with Gasteiger partial charge in [0, 0.05) is 52.2 Å². The molecule has 6 amide bonds. The highest BCUT2D eigenvalue weighted by atomic mass is 16.6. The average Bonchev–Trinajstić information content (AvgIpc) is 3.25.